The van der Waals surface area contributed by atoms with Crippen LogP contribution in [-0.2, 0) is 0 Å². The van der Waals surface area contributed by atoms with Gasteiger partial charge in [0.05, 0.1) is 24.0 Å². The predicted molar refractivity (Wildman–Crippen MR) is 87.0 cm³/mol. The van der Waals surface area contributed by atoms with Crippen molar-refractivity contribution in [3.8, 4) is 5.75 Å². The number of hydrogen-bond acceptors (Lipinski definition) is 4. The Labute approximate surface area is 141 Å². The molecule has 1 aromatic heterocycles. The van der Waals surface area contributed by atoms with Crippen LogP contribution < -0.4 is 9.64 Å². The molecule has 0 spiro atoms. The fraction of sp³-hybridized carbons (Fsp3) is 0.333. The standard InChI is InChI=1S/C15H14BrClFN3O/c16-11-1-2-14(13(18)5-11)22-9-10-3-4-21(8-10)15-19-6-12(17)7-20-15/h1-2,5-7,10H,3-4,8-9H2. The molecule has 2 heterocycles. The molecule has 1 aliphatic heterocycles. The van der Waals surface area contributed by atoms with Crippen LogP contribution in [0.15, 0.2) is 35.1 Å². The quantitative estimate of drug-likeness (QED) is 0.798. The van der Waals surface area contributed by atoms with Crippen LogP contribution >= 0.6 is 27.5 Å². The van der Waals surface area contributed by atoms with E-state index in [-0.39, 0.29) is 11.6 Å². The second-order valence-corrected chi connectivity index (χ2v) is 6.54. The van der Waals surface area contributed by atoms with Crippen LogP contribution in [-0.4, -0.2) is 29.7 Å². The van der Waals surface area contributed by atoms with E-state index in [2.05, 4.69) is 30.8 Å². The van der Waals surface area contributed by atoms with Gasteiger partial charge in [-0.25, -0.2) is 14.4 Å². The van der Waals surface area contributed by atoms with Gasteiger partial charge in [-0.05, 0) is 24.6 Å². The monoisotopic (exact) mass is 385 g/mol. The Kier molecular flexibility index (Phi) is 4.78. The first-order valence-electron chi connectivity index (χ1n) is 6.92. The molecule has 0 amide bonds. The second kappa shape index (κ2) is 6.79. The summed E-state index contributed by atoms with van der Waals surface area (Å²) in [6, 6.07) is 4.80. The number of benzene rings is 1. The van der Waals surface area contributed by atoms with E-state index in [1.54, 1.807) is 24.5 Å². The largest absolute Gasteiger partial charge is 0.490 e. The smallest absolute Gasteiger partial charge is 0.225 e. The maximum absolute atomic E-state index is 13.7. The molecule has 1 aromatic carbocycles. The summed E-state index contributed by atoms with van der Waals surface area (Å²) in [6.07, 6.45) is 4.14. The molecule has 1 fully saturated rings. The highest BCUT2D eigenvalue weighted by Gasteiger charge is 2.25. The number of ether oxygens (including phenoxy) is 1. The third-order valence-electron chi connectivity index (χ3n) is 3.54. The van der Waals surface area contributed by atoms with Crippen LogP contribution in [0.25, 0.3) is 0 Å². The molecule has 0 aliphatic carbocycles. The Balaban J connectivity index is 1.56. The average Bonchev–Trinajstić information content (AvgIpc) is 2.96. The molecule has 1 saturated heterocycles. The van der Waals surface area contributed by atoms with Gasteiger partial charge in [0.1, 0.15) is 0 Å². The van der Waals surface area contributed by atoms with E-state index in [1.165, 1.54) is 6.07 Å². The Morgan fingerprint density at radius 2 is 2.14 bits per heavy atom. The van der Waals surface area contributed by atoms with Gasteiger partial charge in [0, 0.05) is 23.5 Å². The van der Waals surface area contributed by atoms with Crippen molar-refractivity contribution in [3.63, 3.8) is 0 Å². The minimum atomic E-state index is -0.356. The van der Waals surface area contributed by atoms with Gasteiger partial charge in [-0.1, -0.05) is 27.5 Å². The van der Waals surface area contributed by atoms with Crippen molar-refractivity contribution in [2.45, 2.75) is 6.42 Å². The molecule has 0 saturated carbocycles. The Morgan fingerprint density at radius 1 is 1.36 bits per heavy atom. The first-order valence-corrected chi connectivity index (χ1v) is 8.09. The fourth-order valence-corrected chi connectivity index (χ4v) is 2.85. The van der Waals surface area contributed by atoms with Gasteiger partial charge in [0.15, 0.2) is 11.6 Å². The van der Waals surface area contributed by atoms with Crippen molar-refractivity contribution in [1.82, 2.24) is 9.97 Å². The van der Waals surface area contributed by atoms with Crippen molar-refractivity contribution >= 4 is 33.5 Å². The highest BCUT2D eigenvalue weighted by atomic mass is 79.9. The number of anilines is 1. The van der Waals surface area contributed by atoms with Crippen LogP contribution in [0.4, 0.5) is 10.3 Å². The zero-order valence-electron chi connectivity index (χ0n) is 11.7. The molecule has 7 heteroatoms. The molecule has 0 bridgehead atoms. The van der Waals surface area contributed by atoms with Crippen molar-refractivity contribution < 1.29 is 9.13 Å². The number of aromatic nitrogens is 2. The average molecular weight is 387 g/mol. The van der Waals surface area contributed by atoms with Gasteiger partial charge in [-0.15, -0.1) is 0 Å². The highest BCUT2D eigenvalue weighted by Crippen LogP contribution is 2.25. The number of hydrogen-bond donors (Lipinski definition) is 0. The van der Waals surface area contributed by atoms with Crippen LogP contribution in [0.3, 0.4) is 0 Å². The molecule has 4 nitrogen and oxygen atoms in total. The minimum Gasteiger partial charge on any atom is -0.490 e. The van der Waals surface area contributed by atoms with Crippen LogP contribution in [0.1, 0.15) is 6.42 Å². The van der Waals surface area contributed by atoms with E-state index in [0.29, 0.717) is 28.0 Å². The summed E-state index contributed by atoms with van der Waals surface area (Å²) in [5.41, 5.74) is 0. The zero-order valence-corrected chi connectivity index (χ0v) is 14.0. The van der Waals surface area contributed by atoms with Gasteiger partial charge < -0.3 is 9.64 Å². The Bertz CT molecular complexity index is 656. The van der Waals surface area contributed by atoms with Crippen molar-refractivity contribution in [1.29, 1.82) is 0 Å². The third-order valence-corrected chi connectivity index (χ3v) is 4.23. The topological polar surface area (TPSA) is 38.2 Å². The lowest BCUT2D eigenvalue weighted by molar-refractivity contribution is 0.250. The summed E-state index contributed by atoms with van der Waals surface area (Å²) in [6.45, 7) is 2.13. The molecule has 116 valence electrons. The van der Waals surface area contributed by atoms with Crippen molar-refractivity contribution in [2.24, 2.45) is 5.92 Å². The van der Waals surface area contributed by atoms with Gasteiger partial charge >= 0.3 is 0 Å². The number of halogens is 3. The SMILES string of the molecule is Fc1cc(Br)ccc1OCC1CCN(c2ncc(Cl)cn2)C1. The molecule has 0 radical (unpaired) electrons. The van der Waals surface area contributed by atoms with Gasteiger partial charge in [-0.2, -0.15) is 0 Å². The fourth-order valence-electron chi connectivity index (χ4n) is 2.42. The maximum atomic E-state index is 13.7. The first kappa shape index (κ1) is 15.5. The van der Waals surface area contributed by atoms with Crippen LogP contribution in [0, 0.1) is 11.7 Å². The summed E-state index contributed by atoms with van der Waals surface area (Å²) in [5, 5.41) is 0.522. The minimum absolute atomic E-state index is 0.282. The summed E-state index contributed by atoms with van der Waals surface area (Å²) in [7, 11) is 0. The third kappa shape index (κ3) is 3.67. The second-order valence-electron chi connectivity index (χ2n) is 5.19. The van der Waals surface area contributed by atoms with E-state index in [9.17, 15) is 4.39 Å². The highest BCUT2D eigenvalue weighted by molar-refractivity contribution is 9.10. The molecule has 0 N–H and O–H groups in total. The number of rotatable bonds is 4. The summed E-state index contributed by atoms with van der Waals surface area (Å²) < 4.78 is 20.0. The summed E-state index contributed by atoms with van der Waals surface area (Å²) in [5.74, 6) is 0.915. The molecule has 2 aromatic rings. The Hall–Kier alpha value is -1.40. The van der Waals surface area contributed by atoms with E-state index in [1.807, 2.05) is 0 Å². The van der Waals surface area contributed by atoms with Gasteiger partial charge in [-0.3, -0.25) is 0 Å². The van der Waals surface area contributed by atoms with E-state index >= 15 is 0 Å². The molecule has 1 atom stereocenters. The molecular formula is C15H14BrClFN3O. The lowest BCUT2D eigenvalue weighted by atomic mass is 10.1. The summed E-state index contributed by atoms with van der Waals surface area (Å²) in [4.78, 5) is 10.5. The number of nitrogens with zero attached hydrogens (tertiary/aromatic N) is 3. The van der Waals surface area contributed by atoms with Crippen molar-refractivity contribution in [2.75, 3.05) is 24.6 Å². The van der Waals surface area contributed by atoms with Crippen LogP contribution in [0.5, 0.6) is 5.75 Å². The van der Waals surface area contributed by atoms with Crippen LogP contribution in [0.2, 0.25) is 5.02 Å². The molecule has 1 aliphatic rings. The molecule has 22 heavy (non-hydrogen) atoms. The normalized spacial score (nSPS) is 17.8. The van der Waals surface area contributed by atoms with E-state index in [4.69, 9.17) is 16.3 Å². The molecule has 1 unspecified atom stereocenters. The molecule has 3 rings (SSSR count). The predicted octanol–water partition coefficient (Wildman–Crippen LogP) is 3.94. The lowest BCUT2D eigenvalue weighted by Gasteiger charge is -2.16. The lowest BCUT2D eigenvalue weighted by Crippen LogP contribution is -2.23. The van der Waals surface area contributed by atoms with Gasteiger partial charge in [0.25, 0.3) is 0 Å². The van der Waals surface area contributed by atoms with E-state index in [0.717, 1.165) is 19.5 Å². The van der Waals surface area contributed by atoms with E-state index < -0.39 is 0 Å². The maximum Gasteiger partial charge on any atom is 0.225 e. The Morgan fingerprint density at radius 3 is 2.86 bits per heavy atom. The summed E-state index contributed by atoms with van der Waals surface area (Å²) >= 11 is 9.02. The molecular weight excluding hydrogens is 373 g/mol. The van der Waals surface area contributed by atoms with Crippen molar-refractivity contribution in [3.05, 3.63) is 45.9 Å². The first-order chi connectivity index (χ1) is 10.6. The van der Waals surface area contributed by atoms with Gasteiger partial charge in [0.2, 0.25) is 5.95 Å². The zero-order chi connectivity index (χ0) is 15.5.